The van der Waals surface area contributed by atoms with Crippen LogP contribution < -0.4 is 5.73 Å². The molecular weight excluding hydrogens is 194 g/mol. The van der Waals surface area contributed by atoms with Gasteiger partial charge in [0.05, 0.1) is 0 Å². The van der Waals surface area contributed by atoms with E-state index in [1.165, 1.54) is 25.7 Å². The molecule has 1 heteroatoms. The molecule has 0 bridgehead atoms. The second-order valence-electron chi connectivity index (χ2n) is 7.74. The third-order valence-electron chi connectivity index (χ3n) is 6.45. The van der Waals surface area contributed by atoms with Crippen LogP contribution in [-0.2, 0) is 0 Å². The van der Waals surface area contributed by atoms with E-state index in [1.54, 1.807) is 0 Å². The molecule has 92 valence electrons. The summed E-state index contributed by atoms with van der Waals surface area (Å²) in [7, 11) is 0. The van der Waals surface area contributed by atoms with Gasteiger partial charge >= 0.3 is 0 Å². The van der Waals surface area contributed by atoms with Crippen molar-refractivity contribution in [3.05, 3.63) is 0 Å². The van der Waals surface area contributed by atoms with Crippen molar-refractivity contribution in [1.29, 1.82) is 0 Å². The monoisotopic (exact) mass is 221 g/mol. The number of rotatable bonds is 0. The average molecular weight is 221 g/mol. The van der Waals surface area contributed by atoms with Gasteiger partial charge in [-0.15, -0.1) is 0 Å². The first-order valence-corrected chi connectivity index (χ1v) is 7.14. The largest absolute Gasteiger partial charge is 0.325 e. The van der Waals surface area contributed by atoms with Gasteiger partial charge in [0.15, 0.2) is 0 Å². The van der Waals surface area contributed by atoms with Crippen LogP contribution in [0.4, 0.5) is 0 Å². The maximum Gasteiger partial charge on any atom is 0.0157 e. The van der Waals surface area contributed by atoms with E-state index in [1.807, 2.05) is 0 Å². The fourth-order valence-electron chi connectivity index (χ4n) is 5.35. The van der Waals surface area contributed by atoms with Crippen molar-refractivity contribution in [3.8, 4) is 0 Å². The van der Waals surface area contributed by atoms with Crippen LogP contribution in [-0.4, -0.2) is 5.54 Å². The molecule has 3 fully saturated rings. The summed E-state index contributed by atoms with van der Waals surface area (Å²) in [5.41, 5.74) is 7.34. The predicted octanol–water partition coefficient (Wildman–Crippen LogP) is 3.43. The van der Waals surface area contributed by atoms with E-state index >= 15 is 0 Å². The lowest BCUT2D eigenvalue weighted by Crippen LogP contribution is -2.46. The highest BCUT2D eigenvalue weighted by Gasteiger charge is 2.66. The van der Waals surface area contributed by atoms with Crippen molar-refractivity contribution < 1.29 is 0 Å². The average Bonchev–Trinajstić information content (AvgIpc) is 2.51. The van der Waals surface area contributed by atoms with Crippen molar-refractivity contribution >= 4 is 0 Å². The fourth-order valence-corrected chi connectivity index (χ4v) is 5.35. The Morgan fingerprint density at radius 2 is 1.69 bits per heavy atom. The van der Waals surface area contributed by atoms with Gasteiger partial charge in [-0.2, -0.15) is 0 Å². The standard InChI is InChI=1S/C15H27N/c1-9-5-6-10-12(9)13-11(14(13,2)3)7-8-15(10,4)16/h9-13H,5-8,16H2,1-4H3/t9-,10-,11-,12+,13-,15-/m1/s1. The number of fused-ring (bicyclic) bond motifs is 3. The first-order chi connectivity index (χ1) is 7.36. The summed E-state index contributed by atoms with van der Waals surface area (Å²) in [6, 6.07) is 0. The highest BCUT2D eigenvalue weighted by Crippen LogP contribution is 2.70. The molecule has 0 aromatic carbocycles. The molecule has 0 aromatic rings. The molecule has 0 aromatic heterocycles. The number of hydrogen-bond donors (Lipinski definition) is 1. The van der Waals surface area contributed by atoms with Crippen LogP contribution in [0.2, 0.25) is 0 Å². The van der Waals surface area contributed by atoms with Crippen LogP contribution in [0.3, 0.4) is 0 Å². The Hall–Kier alpha value is -0.0400. The number of hydrogen-bond acceptors (Lipinski definition) is 1. The first-order valence-electron chi connectivity index (χ1n) is 7.14. The molecule has 0 radical (unpaired) electrons. The SMILES string of the molecule is C[C@@H]1CC[C@@H]2[C@H]1[C@H]1[C@@H](CC[C@@]2(C)N)C1(C)C. The van der Waals surface area contributed by atoms with Crippen LogP contribution in [0.5, 0.6) is 0 Å². The fraction of sp³-hybridized carbons (Fsp3) is 1.00. The molecule has 2 N–H and O–H groups in total. The van der Waals surface area contributed by atoms with E-state index in [4.69, 9.17) is 5.73 Å². The van der Waals surface area contributed by atoms with Gasteiger partial charge in [0.1, 0.15) is 0 Å². The van der Waals surface area contributed by atoms with Gasteiger partial charge in [0.25, 0.3) is 0 Å². The Morgan fingerprint density at radius 1 is 1.00 bits per heavy atom. The Kier molecular flexibility index (Phi) is 2.11. The molecule has 0 amide bonds. The van der Waals surface area contributed by atoms with Gasteiger partial charge in [-0.25, -0.2) is 0 Å². The molecule has 3 rings (SSSR count). The van der Waals surface area contributed by atoms with Gasteiger partial charge in [-0.3, -0.25) is 0 Å². The van der Waals surface area contributed by atoms with Gasteiger partial charge in [-0.05, 0) is 61.2 Å². The molecule has 16 heavy (non-hydrogen) atoms. The molecule has 0 aliphatic heterocycles. The van der Waals surface area contributed by atoms with Gasteiger partial charge in [-0.1, -0.05) is 27.2 Å². The van der Waals surface area contributed by atoms with Crippen LogP contribution in [0.25, 0.3) is 0 Å². The molecular formula is C15H27N. The van der Waals surface area contributed by atoms with Gasteiger partial charge < -0.3 is 5.73 Å². The van der Waals surface area contributed by atoms with Crippen LogP contribution in [0.15, 0.2) is 0 Å². The Balaban J connectivity index is 1.94. The molecule has 0 unspecified atom stereocenters. The maximum atomic E-state index is 6.60. The summed E-state index contributed by atoms with van der Waals surface area (Å²) in [5, 5.41) is 0. The zero-order valence-corrected chi connectivity index (χ0v) is 11.3. The van der Waals surface area contributed by atoms with Crippen molar-refractivity contribution in [2.24, 2.45) is 40.7 Å². The van der Waals surface area contributed by atoms with Crippen LogP contribution >= 0.6 is 0 Å². The third-order valence-corrected chi connectivity index (χ3v) is 6.45. The molecule has 1 nitrogen and oxygen atoms in total. The van der Waals surface area contributed by atoms with Crippen molar-refractivity contribution in [1.82, 2.24) is 0 Å². The summed E-state index contributed by atoms with van der Waals surface area (Å²) < 4.78 is 0. The second kappa shape index (κ2) is 3.04. The van der Waals surface area contributed by atoms with Crippen molar-refractivity contribution in [2.45, 2.75) is 58.9 Å². The third kappa shape index (κ3) is 1.27. The molecule has 0 heterocycles. The first kappa shape index (κ1) is 11.1. The minimum absolute atomic E-state index is 0.124. The zero-order chi connectivity index (χ0) is 11.7. The maximum absolute atomic E-state index is 6.60. The molecule has 3 aliphatic rings. The topological polar surface area (TPSA) is 26.0 Å². The highest BCUT2D eigenvalue weighted by atomic mass is 14.8. The molecule has 0 saturated heterocycles. The Morgan fingerprint density at radius 3 is 2.38 bits per heavy atom. The summed E-state index contributed by atoms with van der Waals surface area (Å²) in [5.74, 6) is 4.61. The molecule has 3 aliphatic carbocycles. The minimum Gasteiger partial charge on any atom is -0.325 e. The van der Waals surface area contributed by atoms with Crippen molar-refractivity contribution in [2.75, 3.05) is 0 Å². The van der Waals surface area contributed by atoms with Crippen LogP contribution in [0, 0.1) is 35.0 Å². The van der Waals surface area contributed by atoms with E-state index in [0.717, 1.165) is 29.6 Å². The Labute approximate surface area is 100 Å². The van der Waals surface area contributed by atoms with E-state index in [-0.39, 0.29) is 5.54 Å². The minimum atomic E-state index is 0.124. The normalized spacial score (nSPS) is 58.7. The van der Waals surface area contributed by atoms with Gasteiger partial charge in [0.2, 0.25) is 0 Å². The summed E-state index contributed by atoms with van der Waals surface area (Å²) in [6.07, 6.45) is 5.44. The quantitative estimate of drug-likeness (QED) is 0.666. The van der Waals surface area contributed by atoms with E-state index in [0.29, 0.717) is 5.41 Å². The smallest absolute Gasteiger partial charge is 0.0157 e. The summed E-state index contributed by atoms with van der Waals surface area (Å²) in [4.78, 5) is 0. The predicted molar refractivity (Wildman–Crippen MR) is 68.0 cm³/mol. The zero-order valence-electron chi connectivity index (χ0n) is 11.3. The summed E-state index contributed by atoms with van der Waals surface area (Å²) in [6.45, 7) is 9.77. The van der Waals surface area contributed by atoms with Crippen LogP contribution in [0.1, 0.15) is 53.4 Å². The molecule has 6 atom stereocenters. The molecule has 3 saturated carbocycles. The lowest BCUT2D eigenvalue weighted by molar-refractivity contribution is 0.174. The van der Waals surface area contributed by atoms with E-state index < -0.39 is 0 Å². The van der Waals surface area contributed by atoms with E-state index in [2.05, 4.69) is 27.7 Å². The molecule has 0 spiro atoms. The summed E-state index contributed by atoms with van der Waals surface area (Å²) >= 11 is 0. The number of nitrogens with two attached hydrogens (primary N) is 1. The Bertz CT molecular complexity index is 305. The highest BCUT2D eigenvalue weighted by molar-refractivity contribution is 5.15. The van der Waals surface area contributed by atoms with Crippen molar-refractivity contribution in [3.63, 3.8) is 0 Å². The van der Waals surface area contributed by atoms with Gasteiger partial charge in [0, 0.05) is 5.54 Å². The second-order valence-corrected chi connectivity index (χ2v) is 7.74. The lowest BCUT2D eigenvalue weighted by atomic mass is 9.73. The van der Waals surface area contributed by atoms with E-state index in [9.17, 15) is 0 Å². The lowest BCUT2D eigenvalue weighted by Gasteiger charge is -2.36.